The summed E-state index contributed by atoms with van der Waals surface area (Å²) in [5.41, 5.74) is -0.128. The third-order valence-corrected chi connectivity index (χ3v) is 3.18. The summed E-state index contributed by atoms with van der Waals surface area (Å²) < 4.78 is 30.7. The number of benzene rings is 2. The Bertz CT molecular complexity index is 747. The van der Waals surface area contributed by atoms with Crippen molar-refractivity contribution < 1.29 is 18.1 Å². The lowest BCUT2D eigenvalue weighted by Gasteiger charge is -2.07. The molecule has 0 aromatic heterocycles. The summed E-state index contributed by atoms with van der Waals surface area (Å²) in [7, 11) is -4.30. The van der Waals surface area contributed by atoms with Crippen LogP contribution in [0, 0.1) is 5.39 Å². The first-order chi connectivity index (χ1) is 7.93. The summed E-state index contributed by atoms with van der Waals surface area (Å²) in [5, 5.41) is 20.8. The maximum atomic E-state index is 11.7. The highest BCUT2D eigenvalue weighted by Gasteiger charge is 2.13. The molecule has 0 fully saturated rings. The van der Waals surface area contributed by atoms with Crippen molar-refractivity contribution in [3.05, 3.63) is 35.3 Å². The van der Waals surface area contributed by atoms with Gasteiger partial charge in [0.15, 0.2) is 4.98 Å². The van der Waals surface area contributed by atoms with Gasteiger partial charge in [-0.15, -0.1) is 0 Å². The third-order valence-electron chi connectivity index (χ3n) is 2.33. The molecule has 0 unspecified atom stereocenters. The van der Waals surface area contributed by atoms with Gasteiger partial charge in [-0.2, -0.15) is 8.42 Å². The minimum atomic E-state index is -4.30. The molecule has 0 aliphatic carbocycles. The molecule has 0 spiro atoms. The number of hydrogen-bond acceptors (Lipinski definition) is 4. The summed E-state index contributed by atoms with van der Waals surface area (Å²) >= 11 is 0. The van der Waals surface area contributed by atoms with Gasteiger partial charge in [-0.25, -0.2) is 0 Å². The van der Waals surface area contributed by atoms with E-state index in [0.29, 0.717) is 5.39 Å². The summed E-state index contributed by atoms with van der Waals surface area (Å²) in [4.78, 5) is 2.52. The molecule has 0 amide bonds. The Morgan fingerprint density at radius 1 is 1.24 bits per heavy atom. The molecular weight excluding hydrogens is 244 g/mol. The van der Waals surface area contributed by atoms with E-state index >= 15 is 0 Å². The van der Waals surface area contributed by atoms with E-state index in [1.165, 1.54) is 24.3 Å². The molecule has 2 rings (SSSR count). The van der Waals surface area contributed by atoms with Crippen LogP contribution in [0.2, 0.25) is 0 Å². The fourth-order valence-corrected chi connectivity index (χ4v) is 2.02. The van der Waals surface area contributed by atoms with E-state index in [-0.39, 0.29) is 16.0 Å². The van der Waals surface area contributed by atoms with Gasteiger partial charge in [0, 0.05) is 6.07 Å². The Hall–Kier alpha value is -2.17. The van der Waals surface area contributed by atoms with Crippen LogP contribution in [-0.2, 0) is 10.1 Å². The van der Waals surface area contributed by atoms with E-state index < -0.39 is 15.9 Å². The molecule has 0 aliphatic rings. The predicted octanol–water partition coefficient (Wildman–Crippen LogP) is 1.64. The van der Waals surface area contributed by atoms with Crippen LogP contribution >= 0.6 is 0 Å². The minimum absolute atomic E-state index is 0.128. The number of hydrogen-bond donors (Lipinski definition) is 1. The lowest BCUT2D eigenvalue weighted by molar-refractivity contribution is -0.264. The van der Waals surface area contributed by atoms with E-state index in [2.05, 4.69) is 4.98 Å². The van der Waals surface area contributed by atoms with Crippen LogP contribution in [0.4, 0.5) is 5.69 Å². The van der Waals surface area contributed by atoms with Crippen molar-refractivity contribution in [2.45, 2.75) is 4.90 Å². The minimum Gasteiger partial charge on any atom is -0.867 e. The Kier molecular flexibility index (Phi) is 2.46. The normalized spacial score (nSPS) is 11.3. The van der Waals surface area contributed by atoms with Crippen molar-refractivity contribution in [3.63, 3.8) is 0 Å². The largest absolute Gasteiger partial charge is 0.867 e. The van der Waals surface area contributed by atoms with Gasteiger partial charge in [-0.05, 0) is 34.7 Å². The van der Waals surface area contributed by atoms with Crippen LogP contribution in [0.5, 0.6) is 5.75 Å². The molecule has 6 nitrogen and oxygen atoms in total. The predicted molar refractivity (Wildman–Crippen MR) is 58.0 cm³/mol. The zero-order valence-corrected chi connectivity index (χ0v) is 9.18. The van der Waals surface area contributed by atoms with Crippen LogP contribution in [0.15, 0.2) is 35.2 Å². The lowest BCUT2D eigenvalue weighted by Crippen LogP contribution is -1.98. The Morgan fingerprint density at radius 3 is 2.53 bits per heavy atom. The zero-order valence-electron chi connectivity index (χ0n) is 8.36. The number of fused-ring (bicyclic) bond motifs is 1. The quantitative estimate of drug-likeness (QED) is 0.611. The molecule has 2 aromatic carbocycles. The molecule has 0 heterocycles. The first kappa shape index (κ1) is 11.3. The molecule has 0 radical (unpaired) electrons. The second-order valence-electron chi connectivity index (χ2n) is 3.37. The molecule has 0 saturated carbocycles. The fraction of sp³-hybridized carbons (Fsp3) is 0. The lowest BCUT2D eigenvalue weighted by atomic mass is 10.1. The van der Waals surface area contributed by atoms with Gasteiger partial charge in [0.05, 0.1) is 4.90 Å². The summed E-state index contributed by atoms with van der Waals surface area (Å²) in [6.07, 6.45) is 0. The van der Waals surface area contributed by atoms with Crippen molar-refractivity contribution in [2.75, 3.05) is 0 Å². The topological polar surface area (TPSA) is 106 Å². The van der Waals surface area contributed by atoms with Crippen molar-refractivity contribution in [1.82, 2.24) is 0 Å². The maximum absolute atomic E-state index is 11.7. The first-order valence-corrected chi connectivity index (χ1v) is 5.94. The van der Waals surface area contributed by atoms with Gasteiger partial charge in [-0.3, -0.25) is 4.55 Å². The Balaban J connectivity index is 2.80. The summed E-state index contributed by atoms with van der Waals surface area (Å²) in [5.74, 6) is -0.508. The number of nitrogens with zero attached hydrogens (tertiary/aromatic N) is 2. The second kappa shape index (κ2) is 3.69. The van der Waals surface area contributed by atoms with Crippen molar-refractivity contribution in [3.8, 4) is 5.75 Å². The van der Waals surface area contributed by atoms with E-state index in [1.807, 2.05) is 0 Å². The number of diazo groups is 1. The number of rotatable bonds is 1. The molecule has 0 atom stereocenters. The smallest absolute Gasteiger partial charge is 0.378 e. The molecule has 0 aliphatic heterocycles. The molecule has 7 heteroatoms. The summed E-state index contributed by atoms with van der Waals surface area (Å²) in [6.45, 7) is 0. The SMILES string of the molecule is N#[N+]c1ccc2cc(S(=O)(=O)O)ccc2c1[O-]. The molecular formula is C10H6N2O4S. The van der Waals surface area contributed by atoms with Gasteiger partial charge in [-0.1, -0.05) is 6.07 Å². The molecule has 2 aromatic rings. The van der Waals surface area contributed by atoms with Crippen molar-refractivity contribution in [2.24, 2.45) is 0 Å². The first-order valence-electron chi connectivity index (χ1n) is 4.50. The van der Waals surface area contributed by atoms with Crippen LogP contribution in [0.25, 0.3) is 15.7 Å². The third kappa shape index (κ3) is 1.91. The van der Waals surface area contributed by atoms with E-state index in [1.54, 1.807) is 0 Å². The van der Waals surface area contributed by atoms with Crippen LogP contribution in [0.1, 0.15) is 0 Å². The average molecular weight is 250 g/mol. The van der Waals surface area contributed by atoms with Crippen LogP contribution < -0.4 is 5.11 Å². The highest BCUT2D eigenvalue weighted by atomic mass is 32.2. The van der Waals surface area contributed by atoms with Gasteiger partial charge in [0.2, 0.25) is 5.39 Å². The van der Waals surface area contributed by atoms with Gasteiger partial charge >= 0.3 is 5.69 Å². The van der Waals surface area contributed by atoms with Gasteiger partial charge < -0.3 is 5.11 Å². The average Bonchev–Trinajstić information content (AvgIpc) is 2.28. The van der Waals surface area contributed by atoms with E-state index in [4.69, 9.17) is 9.95 Å². The van der Waals surface area contributed by atoms with E-state index in [9.17, 15) is 13.5 Å². The monoisotopic (exact) mass is 250 g/mol. The van der Waals surface area contributed by atoms with E-state index in [0.717, 1.165) is 6.07 Å². The highest BCUT2D eigenvalue weighted by Crippen LogP contribution is 2.33. The van der Waals surface area contributed by atoms with Gasteiger partial charge in [0.1, 0.15) is 0 Å². The highest BCUT2D eigenvalue weighted by molar-refractivity contribution is 7.85. The molecule has 1 N–H and O–H groups in total. The molecule has 86 valence electrons. The van der Waals surface area contributed by atoms with Crippen LogP contribution in [-0.4, -0.2) is 13.0 Å². The standard InChI is InChI=1S/C10H6N2O4S/c11-12-9-4-1-6-5-7(17(14,15)16)2-3-8(6)10(9)13/h1-5H,(H-,13,14,15,16). The van der Waals surface area contributed by atoms with Crippen LogP contribution in [0.3, 0.4) is 0 Å². The van der Waals surface area contributed by atoms with Crippen molar-refractivity contribution >= 4 is 26.6 Å². The Morgan fingerprint density at radius 2 is 1.94 bits per heavy atom. The maximum Gasteiger partial charge on any atom is 0.378 e. The molecule has 0 bridgehead atoms. The Labute approximate surface area is 96.5 Å². The van der Waals surface area contributed by atoms with Gasteiger partial charge in [0.25, 0.3) is 10.1 Å². The zero-order chi connectivity index (χ0) is 12.6. The molecule has 17 heavy (non-hydrogen) atoms. The van der Waals surface area contributed by atoms with Crippen molar-refractivity contribution in [1.29, 1.82) is 5.39 Å². The summed E-state index contributed by atoms with van der Waals surface area (Å²) in [6, 6.07) is 6.24. The molecule has 0 saturated heterocycles. The fourth-order valence-electron chi connectivity index (χ4n) is 1.51. The second-order valence-corrected chi connectivity index (χ2v) is 4.79.